The topological polar surface area (TPSA) is 46.2 Å². The highest BCUT2D eigenvalue weighted by Crippen LogP contribution is 2.41. The smallest absolute Gasteiger partial charge is 0.0914 e. The zero-order valence-electron chi connectivity index (χ0n) is 7.96. The molecule has 14 heavy (non-hydrogen) atoms. The normalized spacial score (nSPS) is 25.1. The van der Waals surface area contributed by atoms with Crippen molar-refractivity contribution in [1.29, 1.82) is 0 Å². The fourth-order valence-electron chi connectivity index (χ4n) is 2.21. The SMILES string of the molecule is NCCC1(O)CCc2c(Cl)cccc21. The number of fused-ring (bicyclic) bond motifs is 1. The van der Waals surface area contributed by atoms with Gasteiger partial charge in [-0.3, -0.25) is 0 Å². The van der Waals surface area contributed by atoms with Crippen LogP contribution >= 0.6 is 11.6 Å². The van der Waals surface area contributed by atoms with E-state index in [2.05, 4.69) is 0 Å². The minimum Gasteiger partial charge on any atom is -0.385 e. The van der Waals surface area contributed by atoms with Crippen molar-refractivity contribution in [3.8, 4) is 0 Å². The Hall–Kier alpha value is -0.570. The molecule has 0 aromatic heterocycles. The molecule has 0 heterocycles. The van der Waals surface area contributed by atoms with Gasteiger partial charge in [0, 0.05) is 5.02 Å². The van der Waals surface area contributed by atoms with Gasteiger partial charge in [0.05, 0.1) is 5.60 Å². The van der Waals surface area contributed by atoms with Crippen LogP contribution < -0.4 is 5.73 Å². The van der Waals surface area contributed by atoms with Gasteiger partial charge in [0.2, 0.25) is 0 Å². The van der Waals surface area contributed by atoms with E-state index in [0.29, 0.717) is 13.0 Å². The van der Waals surface area contributed by atoms with Gasteiger partial charge in [-0.15, -0.1) is 0 Å². The van der Waals surface area contributed by atoms with Crippen molar-refractivity contribution in [3.63, 3.8) is 0 Å². The second-order valence-electron chi connectivity index (χ2n) is 3.84. The Morgan fingerprint density at radius 1 is 1.50 bits per heavy atom. The van der Waals surface area contributed by atoms with Gasteiger partial charge in [0.1, 0.15) is 0 Å². The molecule has 0 saturated heterocycles. The van der Waals surface area contributed by atoms with Gasteiger partial charge < -0.3 is 10.8 Å². The molecule has 0 radical (unpaired) electrons. The lowest BCUT2D eigenvalue weighted by molar-refractivity contribution is 0.0320. The molecule has 2 rings (SSSR count). The highest BCUT2D eigenvalue weighted by Gasteiger charge is 2.36. The standard InChI is InChI=1S/C11H14ClNO/c12-10-3-1-2-9-8(10)4-5-11(9,14)6-7-13/h1-3,14H,4-7,13H2. The molecule has 0 spiro atoms. The Morgan fingerprint density at radius 3 is 3.00 bits per heavy atom. The van der Waals surface area contributed by atoms with Gasteiger partial charge in [-0.2, -0.15) is 0 Å². The van der Waals surface area contributed by atoms with Crippen molar-refractivity contribution in [2.75, 3.05) is 6.54 Å². The van der Waals surface area contributed by atoms with E-state index in [1.54, 1.807) is 0 Å². The zero-order chi connectivity index (χ0) is 10.2. The lowest BCUT2D eigenvalue weighted by Gasteiger charge is -2.23. The third-order valence-corrected chi connectivity index (χ3v) is 3.32. The first-order chi connectivity index (χ1) is 6.67. The lowest BCUT2D eigenvalue weighted by Crippen LogP contribution is -2.25. The first kappa shape index (κ1) is 9.97. The maximum Gasteiger partial charge on any atom is 0.0914 e. The number of hydrogen-bond donors (Lipinski definition) is 2. The first-order valence-electron chi connectivity index (χ1n) is 4.88. The summed E-state index contributed by atoms with van der Waals surface area (Å²) in [5.74, 6) is 0. The van der Waals surface area contributed by atoms with Crippen LogP contribution in [-0.2, 0) is 12.0 Å². The van der Waals surface area contributed by atoms with Crippen LogP contribution in [-0.4, -0.2) is 11.7 Å². The Bertz CT molecular complexity index is 353. The highest BCUT2D eigenvalue weighted by atomic mass is 35.5. The summed E-state index contributed by atoms with van der Waals surface area (Å²) in [5, 5.41) is 11.1. The molecule has 1 unspecified atom stereocenters. The van der Waals surface area contributed by atoms with Crippen LogP contribution in [0.3, 0.4) is 0 Å². The summed E-state index contributed by atoms with van der Waals surface area (Å²) < 4.78 is 0. The summed E-state index contributed by atoms with van der Waals surface area (Å²) >= 11 is 6.05. The van der Waals surface area contributed by atoms with Gasteiger partial charge in [-0.05, 0) is 43.0 Å². The summed E-state index contributed by atoms with van der Waals surface area (Å²) in [4.78, 5) is 0. The Kier molecular flexibility index (Phi) is 2.52. The molecule has 2 nitrogen and oxygen atoms in total. The van der Waals surface area contributed by atoms with E-state index in [4.69, 9.17) is 17.3 Å². The summed E-state index contributed by atoms with van der Waals surface area (Å²) in [7, 11) is 0. The molecule has 0 aliphatic heterocycles. The average molecular weight is 212 g/mol. The minimum atomic E-state index is -0.741. The van der Waals surface area contributed by atoms with Crippen molar-refractivity contribution in [3.05, 3.63) is 34.3 Å². The van der Waals surface area contributed by atoms with Crippen molar-refractivity contribution >= 4 is 11.6 Å². The molecule has 0 bridgehead atoms. The number of benzene rings is 1. The van der Waals surface area contributed by atoms with Crippen molar-refractivity contribution in [2.45, 2.75) is 24.9 Å². The fourth-order valence-corrected chi connectivity index (χ4v) is 2.48. The number of halogens is 1. The molecule has 1 aliphatic carbocycles. The Morgan fingerprint density at radius 2 is 2.29 bits per heavy atom. The molecule has 1 aromatic carbocycles. The number of nitrogens with two attached hydrogens (primary N) is 1. The van der Waals surface area contributed by atoms with Crippen molar-refractivity contribution < 1.29 is 5.11 Å². The van der Waals surface area contributed by atoms with Gasteiger partial charge in [-0.25, -0.2) is 0 Å². The van der Waals surface area contributed by atoms with Crippen LogP contribution in [0.2, 0.25) is 5.02 Å². The first-order valence-corrected chi connectivity index (χ1v) is 5.25. The van der Waals surface area contributed by atoms with E-state index in [-0.39, 0.29) is 0 Å². The summed E-state index contributed by atoms with van der Waals surface area (Å²) in [6, 6.07) is 5.70. The second-order valence-corrected chi connectivity index (χ2v) is 4.24. The molecule has 0 saturated carbocycles. The Balaban J connectivity index is 2.44. The van der Waals surface area contributed by atoms with Crippen LogP contribution in [0.15, 0.2) is 18.2 Å². The minimum absolute atomic E-state index is 0.502. The summed E-state index contributed by atoms with van der Waals surface area (Å²) in [6.07, 6.45) is 2.20. The summed E-state index contributed by atoms with van der Waals surface area (Å²) in [6.45, 7) is 0.502. The van der Waals surface area contributed by atoms with Crippen molar-refractivity contribution in [1.82, 2.24) is 0 Å². The molecule has 1 aliphatic rings. The molecular formula is C11H14ClNO. The predicted molar refractivity (Wildman–Crippen MR) is 57.3 cm³/mol. The maximum atomic E-state index is 10.3. The monoisotopic (exact) mass is 211 g/mol. The molecule has 1 atom stereocenters. The molecule has 1 aromatic rings. The third-order valence-electron chi connectivity index (χ3n) is 2.97. The van der Waals surface area contributed by atoms with Crippen LogP contribution in [0.5, 0.6) is 0 Å². The van der Waals surface area contributed by atoms with Gasteiger partial charge in [-0.1, -0.05) is 23.7 Å². The number of rotatable bonds is 2. The van der Waals surface area contributed by atoms with E-state index in [9.17, 15) is 5.11 Å². The Labute approximate surface area is 88.7 Å². The van der Waals surface area contributed by atoms with E-state index in [1.165, 1.54) is 0 Å². The van der Waals surface area contributed by atoms with Crippen LogP contribution in [0.1, 0.15) is 24.0 Å². The molecule has 0 fully saturated rings. The predicted octanol–water partition coefficient (Wildman–Crippen LogP) is 1.82. The van der Waals surface area contributed by atoms with E-state index < -0.39 is 5.60 Å². The largest absolute Gasteiger partial charge is 0.385 e. The van der Waals surface area contributed by atoms with Gasteiger partial charge >= 0.3 is 0 Å². The molecule has 3 N–H and O–H groups in total. The van der Waals surface area contributed by atoms with E-state index in [0.717, 1.165) is 29.0 Å². The summed E-state index contributed by atoms with van der Waals surface area (Å²) in [5.41, 5.74) is 6.81. The lowest BCUT2D eigenvalue weighted by atomic mass is 9.92. The molecule has 0 amide bonds. The fraction of sp³-hybridized carbons (Fsp3) is 0.455. The molecule has 3 heteroatoms. The average Bonchev–Trinajstić information content (AvgIpc) is 2.47. The highest BCUT2D eigenvalue weighted by molar-refractivity contribution is 6.31. The molecule has 76 valence electrons. The van der Waals surface area contributed by atoms with E-state index in [1.807, 2.05) is 18.2 Å². The van der Waals surface area contributed by atoms with Crippen LogP contribution in [0.4, 0.5) is 0 Å². The molecular weight excluding hydrogens is 198 g/mol. The van der Waals surface area contributed by atoms with Crippen LogP contribution in [0, 0.1) is 0 Å². The second kappa shape index (κ2) is 3.54. The number of hydrogen-bond acceptors (Lipinski definition) is 2. The van der Waals surface area contributed by atoms with Gasteiger partial charge in [0.25, 0.3) is 0 Å². The van der Waals surface area contributed by atoms with E-state index >= 15 is 0 Å². The van der Waals surface area contributed by atoms with Gasteiger partial charge in [0.15, 0.2) is 0 Å². The van der Waals surface area contributed by atoms with Crippen molar-refractivity contribution in [2.24, 2.45) is 5.73 Å². The third kappa shape index (κ3) is 1.44. The quantitative estimate of drug-likeness (QED) is 0.784. The maximum absolute atomic E-state index is 10.3. The number of aliphatic hydroxyl groups is 1. The zero-order valence-corrected chi connectivity index (χ0v) is 8.72. The van der Waals surface area contributed by atoms with Crippen LogP contribution in [0.25, 0.3) is 0 Å².